The Balaban J connectivity index is 1.25. The zero-order valence-electron chi connectivity index (χ0n) is 17.4. The Bertz CT molecular complexity index is 1140. The minimum Gasteiger partial charge on any atom is -0.337 e. The van der Waals surface area contributed by atoms with Gasteiger partial charge in [0.25, 0.3) is 5.56 Å². The Labute approximate surface area is 180 Å². The first-order valence-electron chi connectivity index (χ1n) is 11.2. The maximum Gasteiger partial charge on any atom is 0.255 e. The molecule has 0 spiro atoms. The van der Waals surface area contributed by atoms with Gasteiger partial charge in [-0.2, -0.15) is 4.98 Å². The summed E-state index contributed by atoms with van der Waals surface area (Å²) in [6.07, 6.45) is 6.65. The average molecular weight is 419 g/mol. The lowest BCUT2D eigenvalue weighted by molar-refractivity contribution is 0.199. The molecule has 2 fully saturated rings. The number of piperidine rings is 1. The number of hydrogen-bond acceptors (Lipinski definition) is 7. The Morgan fingerprint density at radius 2 is 2.06 bits per heavy atom. The van der Waals surface area contributed by atoms with Gasteiger partial charge < -0.3 is 14.4 Å². The van der Waals surface area contributed by atoms with Gasteiger partial charge in [-0.05, 0) is 56.5 Å². The van der Waals surface area contributed by atoms with Crippen LogP contribution < -0.4 is 10.9 Å². The van der Waals surface area contributed by atoms with E-state index >= 15 is 0 Å². The number of fused-ring (bicyclic) bond motifs is 4. The highest BCUT2D eigenvalue weighted by Gasteiger charge is 2.34. The molecule has 160 valence electrons. The molecule has 0 aromatic carbocycles. The molecule has 0 amide bonds. The van der Waals surface area contributed by atoms with E-state index in [1.807, 2.05) is 22.8 Å². The fraction of sp³-hybridized carbons (Fsp3) is 0.478. The molecule has 0 aliphatic carbocycles. The lowest BCUT2D eigenvalue weighted by Gasteiger charge is -2.37. The normalized spacial score (nSPS) is 25.5. The molecule has 1 N–H and O–H groups in total. The number of rotatable bonds is 4. The number of hydrogen-bond donors (Lipinski definition) is 1. The van der Waals surface area contributed by atoms with Gasteiger partial charge in [0.2, 0.25) is 11.7 Å². The second kappa shape index (κ2) is 7.69. The van der Waals surface area contributed by atoms with E-state index in [9.17, 15) is 4.79 Å². The van der Waals surface area contributed by atoms with E-state index in [0.29, 0.717) is 30.1 Å². The van der Waals surface area contributed by atoms with Crippen LogP contribution in [0.15, 0.2) is 46.0 Å². The minimum atomic E-state index is 0.0482. The van der Waals surface area contributed by atoms with Crippen molar-refractivity contribution in [2.24, 2.45) is 5.92 Å². The number of nitrogens with one attached hydrogen (secondary N) is 1. The number of likely N-dealkylation sites (tertiary alicyclic amines) is 1. The SMILES string of the molecule is O=c1c(CN2CCC[C@H]2c2nc(-c3ccncc3)no2)ccc2n1C[C@@H]1CNC[C@H]2C1. The number of aromatic nitrogens is 4. The topological polar surface area (TPSA) is 89.1 Å². The highest BCUT2D eigenvalue weighted by molar-refractivity contribution is 5.52. The zero-order chi connectivity index (χ0) is 20.8. The molecule has 8 heteroatoms. The molecule has 0 saturated carbocycles. The molecule has 0 radical (unpaired) electrons. The Morgan fingerprint density at radius 1 is 1.16 bits per heavy atom. The first kappa shape index (κ1) is 18.9. The summed E-state index contributed by atoms with van der Waals surface area (Å²) in [5.74, 6) is 2.23. The second-order valence-corrected chi connectivity index (χ2v) is 8.98. The van der Waals surface area contributed by atoms with E-state index in [-0.39, 0.29) is 11.6 Å². The van der Waals surface area contributed by atoms with E-state index in [1.165, 1.54) is 12.1 Å². The molecule has 6 heterocycles. The average Bonchev–Trinajstić information content (AvgIpc) is 3.46. The minimum absolute atomic E-state index is 0.0482. The van der Waals surface area contributed by atoms with Crippen LogP contribution in [0.5, 0.6) is 0 Å². The summed E-state index contributed by atoms with van der Waals surface area (Å²) in [5.41, 5.74) is 3.11. The van der Waals surface area contributed by atoms with Gasteiger partial charge in [0.15, 0.2) is 0 Å². The first-order chi connectivity index (χ1) is 15.3. The molecule has 8 nitrogen and oxygen atoms in total. The molecule has 0 unspecified atom stereocenters. The maximum atomic E-state index is 13.3. The smallest absolute Gasteiger partial charge is 0.255 e. The van der Waals surface area contributed by atoms with Crippen molar-refractivity contribution < 1.29 is 4.52 Å². The van der Waals surface area contributed by atoms with Crippen LogP contribution in [0.1, 0.15) is 48.4 Å². The van der Waals surface area contributed by atoms with Gasteiger partial charge >= 0.3 is 0 Å². The van der Waals surface area contributed by atoms with Gasteiger partial charge in [-0.1, -0.05) is 11.2 Å². The highest BCUT2D eigenvalue weighted by atomic mass is 16.5. The van der Waals surface area contributed by atoms with E-state index in [0.717, 1.165) is 50.1 Å². The van der Waals surface area contributed by atoms with E-state index in [4.69, 9.17) is 4.52 Å². The summed E-state index contributed by atoms with van der Waals surface area (Å²) in [7, 11) is 0. The standard InChI is InChI=1S/C23H26N6O2/c30-23-17(3-4-19-18-10-15(11-25-12-18)13-29(19)23)14-28-9-1-2-20(28)22-26-21(27-31-22)16-5-7-24-8-6-16/h3-8,15,18,20,25H,1-2,9-14H2/t15-,18+,20-/m0/s1. The molecule has 31 heavy (non-hydrogen) atoms. The maximum absolute atomic E-state index is 13.3. The van der Waals surface area contributed by atoms with Gasteiger partial charge in [-0.15, -0.1) is 0 Å². The van der Waals surface area contributed by atoms with Crippen LogP contribution in [0.25, 0.3) is 11.4 Å². The van der Waals surface area contributed by atoms with Crippen molar-refractivity contribution in [1.82, 2.24) is 29.9 Å². The van der Waals surface area contributed by atoms with Crippen molar-refractivity contribution in [2.75, 3.05) is 19.6 Å². The molecular formula is C23H26N6O2. The third-order valence-corrected chi connectivity index (χ3v) is 6.99. The summed E-state index contributed by atoms with van der Waals surface area (Å²) in [6, 6.07) is 8.01. The van der Waals surface area contributed by atoms with E-state index < -0.39 is 0 Å². The summed E-state index contributed by atoms with van der Waals surface area (Å²) >= 11 is 0. The molecule has 3 atom stereocenters. The molecule has 3 aliphatic rings. The van der Waals surface area contributed by atoms with Crippen molar-refractivity contribution in [3.63, 3.8) is 0 Å². The Morgan fingerprint density at radius 3 is 2.97 bits per heavy atom. The number of pyridine rings is 2. The Kier molecular flexibility index (Phi) is 4.69. The third kappa shape index (κ3) is 3.40. The van der Waals surface area contributed by atoms with Crippen molar-refractivity contribution >= 4 is 0 Å². The molecule has 2 bridgehead atoms. The van der Waals surface area contributed by atoms with Gasteiger partial charge in [0, 0.05) is 54.8 Å². The summed E-state index contributed by atoms with van der Waals surface area (Å²) < 4.78 is 7.66. The third-order valence-electron chi connectivity index (χ3n) is 6.99. The monoisotopic (exact) mass is 418 g/mol. The van der Waals surface area contributed by atoms with Crippen LogP contribution in [0.3, 0.4) is 0 Å². The summed E-state index contributed by atoms with van der Waals surface area (Å²) in [6.45, 7) is 4.35. The van der Waals surface area contributed by atoms with Crippen molar-refractivity contribution in [3.05, 3.63) is 64.2 Å². The van der Waals surface area contributed by atoms with Gasteiger partial charge in [0.05, 0.1) is 6.04 Å². The summed E-state index contributed by atoms with van der Waals surface area (Å²) in [5, 5.41) is 7.68. The van der Waals surface area contributed by atoms with Crippen molar-refractivity contribution in [2.45, 2.75) is 44.3 Å². The fourth-order valence-corrected chi connectivity index (χ4v) is 5.46. The molecule has 2 saturated heterocycles. The van der Waals surface area contributed by atoms with Crippen LogP contribution in [-0.4, -0.2) is 44.2 Å². The Hall–Kier alpha value is -2.84. The zero-order valence-corrected chi connectivity index (χ0v) is 17.4. The van der Waals surface area contributed by atoms with Crippen LogP contribution in [0, 0.1) is 5.92 Å². The van der Waals surface area contributed by atoms with Crippen LogP contribution in [-0.2, 0) is 13.1 Å². The van der Waals surface area contributed by atoms with Crippen molar-refractivity contribution in [1.29, 1.82) is 0 Å². The fourth-order valence-electron chi connectivity index (χ4n) is 5.46. The van der Waals surface area contributed by atoms with Gasteiger partial charge in [-0.3, -0.25) is 14.7 Å². The van der Waals surface area contributed by atoms with Crippen molar-refractivity contribution in [3.8, 4) is 11.4 Å². The van der Waals surface area contributed by atoms with Gasteiger partial charge in [-0.25, -0.2) is 0 Å². The van der Waals surface area contributed by atoms with E-state index in [2.05, 4.69) is 31.4 Å². The predicted octanol–water partition coefficient (Wildman–Crippen LogP) is 2.34. The molecule has 6 rings (SSSR count). The highest BCUT2D eigenvalue weighted by Crippen LogP contribution is 2.34. The predicted molar refractivity (Wildman–Crippen MR) is 114 cm³/mol. The molecule has 3 aromatic heterocycles. The lowest BCUT2D eigenvalue weighted by Crippen LogP contribution is -2.45. The van der Waals surface area contributed by atoms with Crippen LogP contribution >= 0.6 is 0 Å². The quantitative estimate of drug-likeness (QED) is 0.696. The van der Waals surface area contributed by atoms with Crippen LogP contribution in [0.4, 0.5) is 0 Å². The lowest BCUT2D eigenvalue weighted by atomic mass is 9.84. The molecule has 3 aliphatic heterocycles. The molecule has 3 aromatic rings. The van der Waals surface area contributed by atoms with Gasteiger partial charge in [0.1, 0.15) is 0 Å². The van der Waals surface area contributed by atoms with Crippen LogP contribution in [0.2, 0.25) is 0 Å². The number of nitrogens with zero attached hydrogens (tertiary/aromatic N) is 5. The molecular weight excluding hydrogens is 392 g/mol. The summed E-state index contributed by atoms with van der Waals surface area (Å²) in [4.78, 5) is 24.3. The largest absolute Gasteiger partial charge is 0.337 e. The second-order valence-electron chi connectivity index (χ2n) is 8.98. The van der Waals surface area contributed by atoms with E-state index in [1.54, 1.807) is 12.4 Å². The first-order valence-corrected chi connectivity index (χ1v) is 11.2.